The fraction of sp³-hybridized carbons (Fsp3) is 0. The summed E-state index contributed by atoms with van der Waals surface area (Å²) in [7, 11) is 0. The highest BCUT2D eigenvalue weighted by atomic mass is 16.6. The molecule has 1 aromatic carbocycles. The minimum Gasteiger partial charge on any atom is -0.379 e. The molecule has 0 bridgehead atoms. The van der Waals surface area contributed by atoms with Gasteiger partial charge in [-0.3, -0.25) is 10.1 Å². The van der Waals surface area contributed by atoms with Crippen molar-refractivity contribution in [1.82, 2.24) is 20.5 Å². The number of nitrogens with two attached hydrogens (primary N) is 1. The summed E-state index contributed by atoms with van der Waals surface area (Å²) in [5, 5.41) is 21.2. The molecular formula is C10H6N6O4. The van der Waals surface area contributed by atoms with Gasteiger partial charge in [0.2, 0.25) is 17.3 Å². The first-order valence-corrected chi connectivity index (χ1v) is 5.32. The van der Waals surface area contributed by atoms with E-state index in [0.717, 1.165) is 0 Å². The highest BCUT2D eigenvalue weighted by Gasteiger charge is 2.18. The van der Waals surface area contributed by atoms with Crippen molar-refractivity contribution in [1.29, 1.82) is 0 Å². The van der Waals surface area contributed by atoms with E-state index in [0.29, 0.717) is 5.56 Å². The second-order valence-electron chi connectivity index (χ2n) is 3.73. The van der Waals surface area contributed by atoms with Crippen LogP contribution in [0.4, 0.5) is 11.5 Å². The number of hydrogen-bond acceptors (Lipinski definition) is 9. The molecule has 0 aliphatic heterocycles. The SMILES string of the molecule is Nc1nonc1-c1nc(-c2ccc([N+](=O)[O-])cc2)no1. The van der Waals surface area contributed by atoms with Crippen LogP contribution in [-0.2, 0) is 0 Å². The van der Waals surface area contributed by atoms with Gasteiger partial charge in [0.25, 0.3) is 11.6 Å². The molecule has 2 N–H and O–H groups in total. The molecule has 0 saturated heterocycles. The summed E-state index contributed by atoms with van der Waals surface area (Å²) in [6.07, 6.45) is 0. The maximum atomic E-state index is 10.6. The molecule has 0 atom stereocenters. The van der Waals surface area contributed by atoms with Crippen molar-refractivity contribution in [3.05, 3.63) is 34.4 Å². The summed E-state index contributed by atoms with van der Waals surface area (Å²) < 4.78 is 9.41. The van der Waals surface area contributed by atoms with Gasteiger partial charge >= 0.3 is 0 Å². The van der Waals surface area contributed by atoms with Crippen molar-refractivity contribution in [2.75, 3.05) is 5.73 Å². The topological polar surface area (TPSA) is 147 Å². The molecule has 0 aliphatic carbocycles. The zero-order valence-corrected chi connectivity index (χ0v) is 9.76. The van der Waals surface area contributed by atoms with Gasteiger partial charge in [-0.2, -0.15) is 4.98 Å². The Labute approximate surface area is 110 Å². The number of benzene rings is 1. The van der Waals surface area contributed by atoms with E-state index < -0.39 is 4.92 Å². The Bertz CT molecular complexity index is 762. The Balaban J connectivity index is 1.94. The molecule has 0 unspecified atom stereocenters. The number of nitrogens with zero attached hydrogens (tertiary/aromatic N) is 5. The van der Waals surface area contributed by atoms with Gasteiger partial charge in [0.15, 0.2) is 0 Å². The van der Waals surface area contributed by atoms with Gasteiger partial charge in [-0.25, -0.2) is 4.63 Å². The monoisotopic (exact) mass is 274 g/mol. The highest BCUT2D eigenvalue weighted by Crippen LogP contribution is 2.24. The van der Waals surface area contributed by atoms with Gasteiger partial charge in [0, 0.05) is 17.7 Å². The van der Waals surface area contributed by atoms with E-state index in [-0.39, 0.29) is 28.9 Å². The first-order valence-electron chi connectivity index (χ1n) is 5.32. The second kappa shape index (κ2) is 4.42. The van der Waals surface area contributed by atoms with Gasteiger partial charge < -0.3 is 10.3 Å². The van der Waals surface area contributed by atoms with Crippen molar-refractivity contribution in [2.24, 2.45) is 0 Å². The van der Waals surface area contributed by atoms with E-state index in [1.54, 1.807) is 0 Å². The summed E-state index contributed by atoms with van der Waals surface area (Å²) in [6.45, 7) is 0. The van der Waals surface area contributed by atoms with Crippen LogP contribution in [0.1, 0.15) is 0 Å². The minimum absolute atomic E-state index is 0.0255. The molecule has 2 aromatic heterocycles. The minimum atomic E-state index is -0.493. The first-order chi connectivity index (χ1) is 9.65. The standard InChI is InChI=1S/C10H6N6O4/c11-8-7(13-20-14-8)10-12-9(15-19-10)5-1-3-6(4-2-5)16(17)18/h1-4H,(H2,11,14). The van der Waals surface area contributed by atoms with Crippen molar-refractivity contribution in [3.63, 3.8) is 0 Å². The summed E-state index contributed by atoms with van der Waals surface area (Å²) in [6, 6.07) is 5.71. The number of nitrogen functional groups attached to an aromatic ring is 1. The average Bonchev–Trinajstić information content (AvgIpc) is 3.07. The molecule has 20 heavy (non-hydrogen) atoms. The maximum absolute atomic E-state index is 10.6. The van der Waals surface area contributed by atoms with Gasteiger partial charge in [0.05, 0.1) is 4.92 Å². The number of hydrogen-bond donors (Lipinski definition) is 1. The zero-order chi connectivity index (χ0) is 14.1. The molecule has 0 spiro atoms. The molecule has 2 heterocycles. The predicted molar refractivity (Wildman–Crippen MR) is 64.1 cm³/mol. The molecule has 3 aromatic rings. The quantitative estimate of drug-likeness (QED) is 0.550. The normalized spacial score (nSPS) is 10.6. The maximum Gasteiger partial charge on any atom is 0.284 e. The molecule has 0 saturated carbocycles. The van der Waals surface area contributed by atoms with Gasteiger partial charge in [-0.05, 0) is 22.4 Å². The van der Waals surface area contributed by atoms with Crippen molar-refractivity contribution in [2.45, 2.75) is 0 Å². The summed E-state index contributed by atoms with van der Waals surface area (Å²) >= 11 is 0. The summed E-state index contributed by atoms with van der Waals surface area (Å²) in [4.78, 5) is 14.1. The molecule has 10 nitrogen and oxygen atoms in total. The fourth-order valence-corrected chi connectivity index (χ4v) is 1.51. The molecule has 0 aliphatic rings. The third-order valence-corrected chi connectivity index (χ3v) is 2.48. The van der Waals surface area contributed by atoms with E-state index in [1.807, 2.05) is 0 Å². The number of rotatable bonds is 3. The molecule has 0 fully saturated rings. The molecule has 10 heteroatoms. The number of aromatic nitrogens is 4. The van der Waals surface area contributed by atoms with E-state index in [2.05, 4.69) is 25.1 Å². The molecule has 3 rings (SSSR count). The lowest BCUT2D eigenvalue weighted by Gasteiger charge is -1.93. The number of anilines is 1. The van der Waals surface area contributed by atoms with E-state index in [4.69, 9.17) is 10.3 Å². The largest absolute Gasteiger partial charge is 0.379 e. The van der Waals surface area contributed by atoms with Crippen LogP contribution in [0.5, 0.6) is 0 Å². The Hall–Kier alpha value is -3.30. The van der Waals surface area contributed by atoms with Crippen LogP contribution in [0.2, 0.25) is 0 Å². The number of nitro groups is 1. The van der Waals surface area contributed by atoms with Crippen LogP contribution < -0.4 is 5.73 Å². The van der Waals surface area contributed by atoms with E-state index >= 15 is 0 Å². The zero-order valence-electron chi connectivity index (χ0n) is 9.76. The first kappa shape index (κ1) is 11.8. The smallest absolute Gasteiger partial charge is 0.284 e. The van der Waals surface area contributed by atoms with Crippen molar-refractivity contribution in [3.8, 4) is 23.0 Å². The molecular weight excluding hydrogens is 268 g/mol. The Morgan fingerprint density at radius 1 is 1.15 bits per heavy atom. The van der Waals surface area contributed by atoms with Gasteiger partial charge in [0.1, 0.15) is 0 Å². The van der Waals surface area contributed by atoms with Crippen LogP contribution in [0.3, 0.4) is 0 Å². The van der Waals surface area contributed by atoms with Crippen LogP contribution in [-0.4, -0.2) is 25.4 Å². The van der Waals surface area contributed by atoms with E-state index in [1.165, 1.54) is 24.3 Å². The van der Waals surface area contributed by atoms with Crippen LogP contribution in [0.25, 0.3) is 23.0 Å². The van der Waals surface area contributed by atoms with Crippen molar-refractivity contribution >= 4 is 11.5 Å². The van der Waals surface area contributed by atoms with Crippen LogP contribution in [0.15, 0.2) is 33.4 Å². The second-order valence-corrected chi connectivity index (χ2v) is 3.73. The average molecular weight is 274 g/mol. The Morgan fingerprint density at radius 2 is 1.90 bits per heavy atom. The fourth-order valence-electron chi connectivity index (χ4n) is 1.51. The lowest BCUT2D eigenvalue weighted by Crippen LogP contribution is -1.89. The predicted octanol–water partition coefficient (Wildman–Crippen LogP) is 1.28. The number of nitro benzene ring substituents is 1. The summed E-state index contributed by atoms with van der Waals surface area (Å²) in [5.41, 5.74) is 6.18. The van der Waals surface area contributed by atoms with Gasteiger partial charge in [-0.15, -0.1) is 0 Å². The van der Waals surface area contributed by atoms with E-state index in [9.17, 15) is 10.1 Å². The highest BCUT2D eigenvalue weighted by molar-refractivity contribution is 5.64. The van der Waals surface area contributed by atoms with Crippen molar-refractivity contribution < 1.29 is 14.1 Å². The lowest BCUT2D eigenvalue weighted by atomic mass is 10.2. The lowest BCUT2D eigenvalue weighted by molar-refractivity contribution is -0.384. The van der Waals surface area contributed by atoms with Crippen LogP contribution in [0, 0.1) is 10.1 Å². The van der Waals surface area contributed by atoms with Gasteiger partial charge in [-0.1, -0.05) is 5.16 Å². The Morgan fingerprint density at radius 3 is 2.50 bits per heavy atom. The molecule has 100 valence electrons. The Kier molecular flexibility index (Phi) is 2.60. The molecule has 0 amide bonds. The molecule has 0 radical (unpaired) electrons. The third-order valence-electron chi connectivity index (χ3n) is 2.48. The third kappa shape index (κ3) is 1.94. The summed E-state index contributed by atoms with van der Waals surface area (Å²) in [5.74, 6) is 0.332. The van der Waals surface area contributed by atoms with Crippen LogP contribution >= 0.6 is 0 Å². The number of non-ortho nitro benzene ring substituents is 1.